The van der Waals surface area contributed by atoms with Gasteiger partial charge < -0.3 is 20.6 Å². The van der Waals surface area contributed by atoms with Crippen molar-refractivity contribution in [1.82, 2.24) is 5.32 Å². The summed E-state index contributed by atoms with van der Waals surface area (Å²) in [6.07, 6.45) is 68.1. The predicted octanol–water partition coefficient (Wildman–Crippen LogP) is 18.3. The molecule has 5 nitrogen and oxygen atoms in total. The first-order valence-electron chi connectivity index (χ1n) is 29.5. The Kier molecular flexibility index (Phi) is 53.9. The van der Waals surface area contributed by atoms with Crippen LogP contribution < -0.4 is 5.32 Å². The lowest BCUT2D eigenvalue weighted by molar-refractivity contribution is -0.124. The summed E-state index contributed by atoms with van der Waals surface area (Å²) in [5, 5.41) is 33.8. The van der Waals surface area contributed by atoms with Crippen LogP contribution in [0.25, 0.3) is 0 Å². The maximum atomic E-state index is 12.5. The monoisotopic (exact) mass is 904 g/mol. The molecule has 0 aliphatic carbocycles. The first-order valence-corrected chi connectivity index (χ1v) is 29.5. The summed E-state index contributed by atoms with van der Waals surface area (Å²) in [6, 6.07) is -0.807. The molecule has 0 rings (SSSR count). The highest BCUT2D eigenvalue weighted by atomic mass is 16.3. The first kappa shape index (κ1) is 63.1. The molecule has 0 saturated heterocycles. The second kappa shape index (κ2) is 54.7. The summed E-state index contributed by atoms with van der Waals surface area (Å²) in [7, 11) is 0. The van der Waals surface area contributed by atoms with Crippen molar-refractivity contribution >= 4 is 5.91 Å². The third kappa shape index (κ3) is 49.0. The molecule has 0 bridgehead atoms. The molecule has 0 saturated carbocycles. The van der Waals surface area contributed by atoms with Gasteiger partial charge in [0.05, 0.1) is 18.8 Å². The van der Waals surface area contributed by atoms with Gasteiger partial charge in [0.25, 0.3) is 0 Å². The van der Waals surface area contributed by atoms with Crippen LogP contribution in [0.2, 0.25) is 0 Å². The number of allylic oxidation sites excluding steroid dienone is 2. The maximum absolute atomic E-state index is 12.5. The van der Waals surface area contributed by atoms with E-state index in [0.717, 1.165) is 32.1 Å². The van der Waals surface area contributed by atoms with Crippen LogP contribution >= 0.6 is 0 Å². The van der Waals surface area contributed by atoms with E-state index in [1.54, 1.807) is 0 Å². The minimum Gasteiger partial charge on any atom is -0.394 e. The van der Waals surface area contributed by atoms with Crippen LogP contribution in [0.1, 0.15) is 335 Å². The van der Waals surface area contributed by atoms with E-state index in [-0.39, 0.29) is 12.5 Å². The summed E-state index contributed by atoms with van der Waals surface area (Å²) in [5.74, 6) is -0.138. The van der Waals surface area contributed by atoms with Crippen LogP contribution in [0.3, 0.4) is 0 Å². The van der Waals surface area contributed by atoms with Gasteiger partial charge in [-0.2, -0.15) is 0 Å². The van der Waals surface area contributed by atoms with Crippen LogP contribution in [-0.2, 0) is 4.79 Å². The Hall–Kier alpha value is -0.910. The highest BCUT2D eigenvalue weighted by Crippen LogP contribution is 2.18. The Morgan fingerprint density at radius 1 is 0.375 bits per heavy atom. The normalized spacial score (nSPS) is 13.3. The molecule has 382 valence electrons. The van der Waals surface area contributed by atoms with Crippen molar-refractivity contribution in [3.63, 3.8) is 0 Å². The molecular formula is C59H117NO4. The van der Waals surface area contributed by atoms with E-state index in [9.17, 15) is 20.1 Å². The minimum absolute atomic E-state index is 0.138. The summed E-state index contributed by atoms with van der Waals surface area (Å²) in [5.41, 5.74) is 0. The van der Waals surface area contributed by atoms with Crippen molar-refractivity contribution in [3.05, 3.63) is 12.2 Å². The average molecular weight is 905 g/mol. The molecule has 0 aromatic heterocycles. The van der Waals surface area contributed by atoms with Crippen molar-refractivity contribution < 1.29 is 20.1 Å². The number of hydrogen-bond donors (Lipinski definition) is 4. The molecule has 0 fully saturated rings. The number of amides is 1. The molecule has 0 aliphatic heterocycles. The molecule has 5 heteroatoms. The summed E-state index contributed by atoms with van der Waals surface area (Å²) >= 11 is 0. The largest absolute Gasteiger partial charge is 0.394 e. The molecule has 64 heavy (non-hydrogen) atoms. The van der Waals surface area contributed by atoms with Gasteiger partial charge in [-0.25, -0.2) is 0 Å². The number of hydrogen-bond acceptors (Lipinski definition) is 4. The van der Waals surface area contributed by atoms with Crippen LogP contribution in [0, 0.1) is 0 Å². The molecule has 0 heterocycles. The van der Waals surface area contributed by atoms with Crippen LogP contribution in [0.5, 0.6) is 0 Å². The number of nitrogens with one attached hydrogen (secondary N) is 1. The lowest BCUT2D eigenvalue weighted by Crippen LogP contribution is -2.50. The smallest absolute Gasteiger partial charge is 0.220 e. The zero-order valence-electron chi connectivity index (χ0n) is 43.7. The number of carbonyl (C=O) groups is 1. The molecule has 3 atom stereocenters. The topological polar surface area (TPSA) is 89.8 Å². The lowest BCUT2D eigenvalue weighted by Gasteiger charge is -2.26. The van der Waals surface area contributed by atoms with E-state index in [2.05, 4.69) is 31.3 Å². The first-order chi connectivity index (χ1) is 31.6. The fourth-order valence-corrected chi connectivity index (χ4v) is 9.57. The fourth-order valence-electron chi connectivity index (χ4n) is 9.57. The molecule has 0 aromatic carbocycles. The summed E-state index contributed by atoms with van der Waals surface area (Å²) in [6.45, 7) is 4.22. The molecule has 0 radical (unpaired) electrons. The molecule has 1 amide bonds. The number of aliphatic hydroxyl groups is 3. The second-order valence-corrected chi connectivity index (χ2v) is 20.6. The lowest BCUT2D eigenvalue weighted by atomic mass is 9.99. The van der Waals surface area contributed by atoms with Crippen molar-refractivity contribution in [2.24, 2.45) is 0 Å². The summed E-state index contributed by atoms with van der Waals surface area (Å²) < 4.78 is 0. The minimum atomic E-state index is -1.13. The van der Waals surface area contributed by atoms with E-state index in [1.165, 1.54) is 276 Å². The van der Waals surface area contributed by atoms with Gasteiger partial charge in [-0.15, -0.1) is 0 Å². The molecule has 4 N–H and O–H groups in total. The Morgan fingerprint density at radius 2 is 0.625 bits per heavy atom. The van der Waals surface area contributed by atoms with Crippen molar-refractivity contribution in [3.8, 4) is 0 Å². The number of carbonyl (C=O) groups excluding carboxylic acids is 1. The summed E-state index contributed by atoms with van der Waals surface area (Å²) in [4.78, 5) is 12.5. The fraction of sp³-hybridized carbons (Fsp3) is 0.949. The Morgan fingerprint density at radius 3 is 0.906 bits per heavy atom. The van der Waals surface area contributed by atoms with Gasteiger partial charge in [0.1, 0.15) is 6.10 Å². The molecular weight excluding hydrogens is 787 g/mol. The highest BCUT2D eigenvalue weighted by Gasteiger charge is 2.26. The van der Waals surface area contributed by atoms with Gasteiger partial charge in [-0.05, 0) is 38.5 Å². The number of aliphatic hydroxyl groups excluding tert-OH is 3. The maximum Gasteiger partial charge on any atom is 0.220 e. The predicted molar refractivity (Wildman–Crippen MR) is 282 cm³/mol. The van der Waals surface area contributed by atoms with Gasteiger partial charge in [0.15, 0.2) is 0 Å². The van der Waals surface area contributed by atoms with Gasteiger partial charge in [0, 0.05) is 6.42 Å². The number of unbranched alkanes of at least 4 members (excludes halogenated alkanes) is 45. The van der Waals surface area contributed by atoms with Gasteiger partial charge in [0.2, 0.25) is 5.91 Å². The zero-order valence-corrected chi connectivity index (χ0v) is 43.7. The Balaban J connectivity index is 3.48. The highest BCUT2D eigenvalue weighted by molar-refractivity contribution is 5.76. The van der Waals surface area contributed by atoms with Gasteiger partial charge in [-0.3, -0.25) is 4.79 Å². The van der Waals surface area contributed by atoms with E-state index in [4.69, 9.17) is 0 Å². The second-order valence-electron chi connectivity index (χ2n) is 20.6. The third-order valence-corrected chi connectivity index (χ3v) is 14.1. The zero-order chi connectivity index (χ0) is 46.5. The SMILES string of the molecule is CCCCCCCCCCCCCC/C=C\CCCCCCCCCCCCCCCCCC(=O)NC(CO)C(O)C(O)CCCCCCCCCCCCCCCCCCCCC. The van der Waals surface area contributed by atoms with E-state index in [0.29, 0.717) is 12.8 Å². The quantitative estimate of drug-likeness (QED) is 0.0362. The van der Waals surface area contributed by atoms with Crippen molar-refractivity contribution in [2.75, 3.05) is 6.61 Å². The van der Waals surface area contributed by atoms with Crippen LogP contribution in [0.15, 0.2) is 12.2 Å². The Bertz CT molecular complexity index is 909. The van der Waals surface area contributed by atoms with Gasteiger partial charge >= 0.3 is 0 Å². The van der Waals surface area contributed by atoms with E-state index in [1.807, 2.05) is 0 Å². The van der Waals surface area contributed by atoms with E-state index < -0.39 is 18.2 Å². The van der Waals surface area contributed by atoms with Crippen molar-refractivity contribution in [2.45, 2.75) is 353 Å². The van der Waals surface area contributed by atoms with Crippen LogP contribution in [-0.4, -0.2) is 46.1 Å². The molecule has 0 spiro atoms. The van der Waals surface area contributed by atoms with Crippen molar-refractivity contribution in [1.29, 1.82) is 0 Å². The van der Waals surface area contributed by atoms with E-state index >= 15 is 0 Å². The molecule has 0 aliphatic rings. The number of rotatable bonds is 55. The Labute approximate surface area is 401 Å². The van der Waals surface area contributed by atoms with Gasteiger partial charge in [-0.1, -0.05) is 302 Å². The molecule has 0 aromatic rings. The standard InChI is InChI=1S/C59H117NO4/c1-3-5-7-9-11-13-15-17-19-21-23-24-25-26-27-28-29-30-31-32-33-34-36-38-40-42-44-46-48-50-52-54-58(63)60-56(55-61)59(64)57(62)53-51-49-47-45-43-41-39-37-35-22-20-18-16-14-12-10-8-6-4-2/h26-27,56-57,59,61-62,64H,3-25,28-55H2,1-2H3,(H,60,63)/b27-26-. The molecule has 3 unspecified atom stereocenters. The van der Waals surface area contributed by atoms with Crippen LogP contribution in [0.4, 0.5) is 0 Å². The average Bonchev–Trinajstić information content (AvgIpc) is 3.30. The third-order valence-electron chi connectivity index (χ3n) is 14.1.